The molecule has 4 aliphatic rings. The number of fused-ring (bicyclic) bond motifs is 4. The van der Waals surface area contributed by atoms with E-state index >= 15 is 0 Å². The molecule has 0 fully saturated rings. The van der Waals surface area contributed by atoms with E-state index in [9.17, 15) is 19.2 Å². The molecule has 0 saturated heterocycles. The molecule has 8 heterocycles. The van der Waals surface area contributed by atoms with E-state index in [0.29, 0.717) is 24.2 Å². The number of furan rings is 2. The van der Waals surface area contributed by atoms with Gasteiger partial charge in [0.25, 0.3) is 0 Å². The van der Waals surface area contributed by atoms with Crippen molar-refractivity contribution in [1.82, 2.24) is 19.6 Å². The summed E-state index contributed by atoms with van der Waals surface area (Å²) in [5.74, 6) is 3.35. The maximum atomic E-state index is 11.8. The van der Waals surface area contributed by atoms with Gasteiger partial charge in [0.1, 0.15) is 34.7 Å². The molecule has 584 valence electrons. The predicted octanol–water partition coefficient (Wildman–Crippen LogP) is 25.8. The number of hydrogen-bond donors (Lipinski definition) is 0. The summed E-state index contributed by atoms with van der Waals surface area (Å²) < 4.78 is 11.2. The Bertz CT molecular complexity index is 3650. The highest BCUT2D eigenvalue weighted by molar-refractivity contribution is 7.10. The Kier molecular flexibility index (Phi) is 32.7. The standard InChI is InChI=1S/2C23H30ClNO2.2C23H30ClNOS/c4*1-17(26)23(2,3)13-7-6-10-21(19-8-4-5-9-20(19)24)25-14-11-22-18(16-25)12-15-27-22/h4*4-5,8-9,12,15,21H,6-7,10-11,13-14,16H2,1-3H3. The fourth-order valence-corrected chi connectivity index (χ4v) is 18.4. The lowest BCUT2D eigenvalue weighted by atomic mass is 9.83. The van der Waals surface area contributed by atoms with Crippen molar-refractivity contribution in [2.24, 2.45) is 21.7 Å². The Hall–Kier alpha value is -5.48. The molecular weight excluding hydrogens is 1460 g/mol. The average molecular weight is 1580 g/mol. The van der Waals surface area contributed by atoms with E-state index < -0.39 is 0 Å². The van der Waals surface area contributed by atoms with Crippen LogP contribution in [0.25, 0.3) is 0 Å². The number of thiophene rings is 2. The van der Waals surface area contributed by atoms with Gasteiger partial charge in [-0.2, -0.15) is 0 Å². The molecule has 0 saturated carbocycles. The Labute approximate surface area is 675 Å². The van der Waals surface area contributed by atoms with E-state index in [0.717, 1.165) is 212 Å². The summed E-state index contributed by atoms with van der Waals surface area (Å²) in [7, 11) is 0. The molecule has 0 N–H and O–H groups in total. The van der Waals surface area contributed by atoms with Crippen LogP contribution in [0.1, 0.15) is 276 Å². The summed E-state index contributed by atoms with van der Waals surface area (Å²) in [6.45, 7) is 31.2. The minimum absolute atomic E-state index is 0.212. The van der Waals surface area contributed by atoms with E-state index in [1.807, 2.05) is 98.9 Å². The zero-order valence-electron chi connectivity index (χ0n) is 66.5. The second kappa shape index (κ2) is 40.8. The summed E-state index contributed by atoms with van der Waals surface area (Å²) in [5.41, 5.74) is 9.54. The van der Waals surface area contributed by atoms with E-state index in [2.05, 4.69) is 131 Å². The third-order valence-electron chi connectivity index (χ3n) is 24.1. The minimum atomic E-state index is -0.225. The average Bonchev–Trinajstić information content (AvgIpc) is 1.83. The van der Waals surface area contributed by atoms with Gasteiger partial charge in [0.15, 0.2) is 0 Å². The molecule has 4 atom stereocenters. The number of benzene rings is 4. The number of rotatable bonds is 32. The Balaban J connectivity index is 0.000000166. The Morgan fingerprint density at radius 2 is 0.602 bits per heavy atom. The summed E-state index contributed by atoms with van der Waals surface area (Å²) >= 11 is 30.0. The molecule has 0 amide bonds. The van der Waals surface area contributed by atoms with Gasteiger partial charge < -0.3 is 8.83 Å². The van der Waals surface area contributed by atoms with Gasteiger partial charge in [0, 0.05) is 152 Å². The molecule has 108 heavy (non-hydrogen) atoms. The van der Waals surface area contributed by atoms with Crippen LogP contribution in [0, 0.1) is 21.7 Å². The fourth-order valence-electron chi connectivity index (χ4n) is 15.6. The molecule has 4 aromatic heterocycles. The number of halogens is 4. The summed E-state index contributed by atoms with van der Waals surface area (Å²) in [4.78, 5) is 60.4. The molecule has 0 radical (unpaired) electrons. The van der Waals surface area contributed by atoms with Crippen molar-refractivity contribution in [1.29, 1.82) is 0 Å². The van der Waals surface area contributed by atoms with Crippen LogP contribution in [0.5, 0.6) is 0 Å². The van der Waals surface area contributed by atoms with Crippen molar-refractivity contribution in [3.8, 4) is 0 Å². The number of Topliss-reactive ketones (excluding diaryl/α,β-unsaturated/α-hetero) is 4. The van der Waals surface area contributed by atoms with Gasteiger partial charge >= 0.3 is 0 Å². The lowest BCUT2D eigenvalue weighted by Crippen LogP contribution is -2.34. The molecular formula is C92H120Cl4N4O6S2. The molecule has 4 aromatic carbocycles. The molecule has 0 aliphatic carbocycles. The number of carbonyl (C=O) groups is 4. The molecule has 8 aromatic rings. The fraction of sp³-hybridized carbons (Fsp3) is 0.522. The largest absolute Gasteiger partial charge is 0.469 e. The Morgan fingerprint density at radius 1 is 0.352 bits per heavy atom. The first kappa shape index (κ1) is 86.5. The van der Waals surface area contributed by atoms with Gasteiger partial charge in [-0.25, -0.2) is 0 Å². The van der Waals surface area contributed by atoms with Crippen molar-refractivity contribution in [2.75, 3.05) is 26.2 Å². The SMILES string of the molecule is CC(=O)C(C)(C)CCCCC(c1ccccc1Cl)N1CCc2occc2C1.CC(=O)C(C)(C)CCCCC(c1ccccc1Cl)N1CCc2occc2C1.CC(=O)C(C)(C)CCCCC(c1ccccc1Cl)N1CCc2sccc2C1.CC(=O)C(C)(C)CCCCC(c1ccccc1Cl)N1CCc2sccc2C1. The lowest BCUT2D eigenvalue weighted by molar-refractivity contribution is -0.125. The van der Waals surface area contributed by atoms with E-state index in [-0.39, 0.29) is 44.8 Å². The number of unbranched alkanes of at least 4 members (excludes halogenated alkanes) is 4. The first-order valence-electron chi connectivity index (χ1n) is 39.7. The lowest BCUT2D eigenvalue weighted by Gasteiger charge is -2.35. The predicted molar refractivity (Wildman–Crippen MR) is 451 cm³/mol. The van der Waals surface area contributed by atoms with Crippen molar-refractivity contribution in [3.05, 3.63) is 230 Å². The number of hydrogen-bond acceptors (Lipinski definition) is 12. The summed E-state index contributed by atoms with van der Waals surface area (Å²) in [5, 5.41) is 7.82. The molecule has 4 aliphatic heterocycles. The van der Waals surface area contributed by atoms with Crippen molar-refractivity contribution >= 4 is 92.2 Å². The normalized spacial score (nSPS) is 16.1. The van der Waals surface area contributed by atoms with Crippen LogP contribution in [0.3, 0.4) is 0 Å². The van der Waals surface area contributed by atoms with Crippen LogP contribution in [0.2, 0.25) is 20.1 Å². The van der Waals surface area contributed by atoms with E-state index in [1.54, 1.807) is 40.2 Å². The van der Waals surface area contributed by atoms with Crippen LogP contribution in [-0.4, -0.2) is 68.9 Å². The van der Waals surface area contributed by atoms with E-state index in [1.165, 1.54) is 54.3 Å². The van der Waals surface area contributed by atoms with Crippen molar-refractivity contribution < 1.29 is 28.0 Å². The maximum absolute atomic E-state index is 11.8. The highest BCUT2D eigenvalue weighted by atomic mass is 35.5. The van der Waals surface area contributed by atoms with Gasteiger partial charge in [-0.3, -0.25) is 38.8 Å². The summed E-state index contributed by atoms with van der Waals surface area (Å²) in [6.07, 6.45) is 24.4. The molecule has 16 heteroatoms. The van der Waals surface area contributed by atoms with Gasteiger partial charge in [-0.1, -0.05) is 226 Å². The molecule has 4 unspecified atom stereocenters. The van der Waals surface area contributed by atoms with Crippen LogP contribution in [0.4, 0.5) is 0 Å². The number of ketones is 4. The second-order valence-corrected chi connectivity index (χ2v) is 36.9. The van der Waals surface area contributed by atoms with Crippen molar-refractivity contribution in [2.45, 2.75) is 262 Å². The first-order chi connectivity index (χ1) is 51.5. The summed E-state index contributed by atoms with van der Waals surface area (Å²) in [6, 6.07) is 42.9. The van der Waals surface area contributed by atoms with Crippen LogP contribution >= 0.6 is 69.1 Å². The van der Waals surface area contributed by atoms with Gasteiger partial charge in [-0.05, 0) is 185 Å². The van der Waals surface area contributed by atoms with Gasteiger partial charge in [-0.15, -0.1) is 22.7 Å². The quantitative estimate of drug-likeness (QED) is 0.0378. The topological polar surface area (TPSA) is 108 Å². The third-order valence-corrected chi connectivity index (χ3v) is 27.5. The minimum Gasteiger partial charge on any atom is -0.469 e. The first-order valence-corrected chi connectivity index (χ1v) is 43.0. The van der Waals surface area contributed by atoms with Gasteiger partial charge in [0.2, 0.25) is 0 Å². The van der Waals surface area contributed by atoms with Gasteiger partial charge in [0.05, 0.1) is 12.5 Å². The van der Waals surface area contributed by atoms with Crippen LogP contribution in [0.15, 0.2) is 153 Å². The van der Waals surface area contributed by atoms with Crippen molar-refractivity contribution in [3.63, 3.8) is 0 Å². The van der Waals surface area contributed by atoms with E-state index in [4.69, 9.17) is 55.2 Å². The van der Waals surface area contributed by atoms with Crippen LogP contribution in [-0.2, 0) is 71.0 Å². The monoisotopic (exact) mass is 1580 g/mol. The number of carbonyl (C=O) groups excluding carboxylic acids is 4. The molecule has 12 rings (SSSR count). The Morgan fingerprint density at radius 3 is 0.861 bits per heavy atom. The zero-order chi connectivity index (χ0) is 77.8. The second-order valence-electron chi connectivity index (χ2n) is 33.3. The third kappa shape index (κ3) is 24.3. The number of nitrogens with zero attached hydrogens (tertiary/aromatic N) is 4. The highest BCUT2D eigenvalue weighted by Gasteiger charge is 2.34. The zero-order valence-corrected chi connectivity index (χ0v) is 71.2. The molecule has 10 nitrogen and oxygen atoms in total. The maximum Gasteiger partial charge on any atom is 0.135 e. The van der Waals surface area contributed by atoms with Crippen LogP contribution < -0.4 is 0 Å². The highest BCUT2D eigenvalue weighted by Crippen LogP contribution is 2.43. The molecule has 0 bridgehead atoms. The smallest absolute Gasteiger partial charge is 0.135 e. The molecule has 0 spiro atoms.